The number of hydrogen-bond donors (Lipinski definition) is 1. The molecule has 0 unspecified atom stereocenters. The number of carbonyl (C=O) groups is 2. The van der Waals surface area contributed by atoms with Crippen LogP contribution in [0.4, 0.5) is 0 Å². The van der Waals surface area contributed by atoms with Gasteiger partial charge in [-0.3, -0.25) is 14.9 Å². The maximum atomic E-state index is 11.4. The summed E-state index contributed by atoms with van der Waals surface area (Å²) in [5, 5.41) is 2.35. The van der Waals surface area contributed by atoms with Crippen molar-refractivity contribution in [2.45, 2.75) is 32.6 Å². The fourth-order valence-electron chi connectivity index (χ4n) is 2.50. The number of imide groups is 1. The van der Waals surface area contributed by atoms with Crippen LogP contribution in [0.15, 0.2) is 24.3 Å². The van der Waals surface area contributed by atoms with E-state index in [1.165, 1.54) is 5.56 Å². The Bertz CT molecular complexity index is 463. The van der Waals surface area contributed by atoms with Crippen molar-refractivity contribution in [1.82, 2.24) is 5.32 Å². The summed E-state index contributed by atoms with van der Waals surface area (Å²) in [6, 6.07) is 7.90. The van der Waals surface area contributed by atoms with Crippen molar-refractivity contribution < 1.29 is 14.3 Å². The number of benzene rings is 1. The molecule has 2 amide bonds. The lowest BCUT2D eigenvalue weighted by molar-refractivity contribution is -0.137. The largest absolute Gasteiger partial charge is 0.497 e. The molecule has 2 rings (SSSR count). The Morgan fingerprint density at radius 3 is 2.26 bits per heavy atom. The molecule has 1 heterocycles. The van der Waals surface area contributed by atoms with Crippen LogP contribution in [0.2, 0.25) is 0 Å². The third-order valence-corrected chi connectivity index (χ3v) is 3.63. The number of ether oxygens (including phenoxy) is 1. The molecule has 1 aromatic rings. The second-order valence-corrected chi connectivity index (χ2v) is 5.48. The van der Waals surface area contributed by atoms with Crippen molar-refractivity contribution in [3.63, 3.8) is 0 Å². The summed E-state index contributed by atoms with van der Waals surface area (Å²) in [6.45, 7) is 2.01. The van der Waals surface area contributed by atoms with Crippen LogP contribution in [0.5, 0.6) is 5.75 Å². The Labute approximate surface area is 113 Å². The first kappa shape index (κ1) is 13.6. The molecule has 0 atom stereocenters. The van der Waals surface area contributed by atoms with Gasteiger partial charge in [-0.25, -0.2) is 0 Å². The van der Waals surface area contributed by atoms with E-state index in [0.29, 0.717) is 12.8 Å². The van der Waals surface area contributed by atoms with Crippen LogP contribution >= 0.6 is 0 Å². The average Bonchev–Trinajstić information content (AvgIpc) is 2.35. The first-order valence-electron chi connectivity index (χ1n) is 6.46. The number of piperidine rings is 1. The van der Waals surface area contributed by atoms with E-state index in [4.69, 9.17) is 4.74 Å². The molecule has 0 saturated carbocycles. The first-order chi connectivity index (χ1) is 9.00. The third kappa shape index (κ3) is 3.56. The summed E-state index contributed by atoms with van der Waals surface area (Å²) in [5.41, 5.74) is 0.972. The van der Waals surface area contributed by atoms with Gasteiger partial charge in [0.15, 0.2) is 0 Å². The van der Waals surface area contributed by atoms with E-state index < -0.39 is 0 Å². The molecular formula is C15H19NO3. The second kappa shape index (κ2) is 5.43. The minimum atomic E-state index is -0.223. The minimum Gasteiger partial charge on any atom is -0.497 e. The highest BCUT2D eigenvalue weighted by Crippen LogP contribution is 2.34. The van der Waals surface area contributed by atoms with Crippen molar-refractivity contribution in [1.29, 1.82) is 0 Å². The number of rotatable bonds is 4. The van der Waals surface area contributed by atoms with Crippen molar-refractivity contribution in [2.75, 3.05) is 7.11 Å². The average molecular weight is 261 g/mol. The van der Waals surface area contributed by atoms with Gasteiger partial charge in [-0.1, -0.05) is 19.1 Å². The Hall–Kier alpha value is -1.84. The van der Waals surface area contributed by atoms with Gasteiger partial charge in [-0.2, -0.15) is 0 Å². The molecule has 1 aromatic carbocycles. The van der Waals surface area contributed by atoms with E-state index in [1.54, 1.807) is 7.11 Å². The zero-order valence-corrected chi connectivity index (χ0v) is 11.4. The number of methoxy groups -OCH3 is 1. The van der Waals surface area contributed by atoms with E-state index in [2.05, 4.69) is 5.32 Å². The van der Waals surface area contributed by atoms with Gasteiger partial charge in [-0.15, -0.1) is 0 Å². The monoisotopic (exact) mass is 261 g/mol. The van der Waals surface area contributed by atoms with Crippen LogP contribution in [0.1, 0.15) is 31.7 Å². The second-order valence-electron chi connectivity index (χ2n) is 5.48. The topological polar surface area (TPSA) is 55.4 Å². The number of nitrogens with one attached hydrogen (secondary N) is 1. The van der Waals surface area contributed by atoms with Gasteiger partial charge in [0.2, 0.25) is 11.8 Å². The molecule has 0 spiro atoms. The van der Waals surface area contributed by atoms with Gasteiger partial charge in [0.05, 0.1) is 7.11 Å². The molecule has 102 valence electrons. The fourth-order valence-corrected chi connectivity index (χ4v) is 2.50. The van der Waals surface area contributed by atoms with Gasteiger partial charge >= 0.3 is 0 Å². The number of aryl methyl sites for hydroxylation is 1. The van der Waals surface area contributed by atoms with Crippen molar-refractivity contribution in [3.8, 4) is 5.75 Å². The molecule has 1 aliphatic heterocycles. The first-order valence-corrected chi connectivity index (χ1v) is 6.46. The maximum absolute atomic E-state index is 11.4. The molecule has 0 aliphatic carbocycles. The molecule has 0 bridgehead atoms. The van der Waals surface area contributed by atoms with E-state index in [0.717, 1.165) is 18.6 Å². The Morgan fingerprint density at radius 2 is 1.74 bits per heavy atom. The normalized spacial score (nSPS) is 18.0. The minimum absolute atomic E-state index is 0.159. The smallest absolute Gasteiger partial charge is 0.227 e. The van der Waals surface area contributed by atoms with Crippen molar-refractivity contribution in [2.24, 2.45) is 5.41 Å². The number of amides is 2. The van der Waals surface area contributed by atoms with Crippen LogP contribution in [0.3, 0.4) is 0 Å². The van der Waals surface area contributed by atoms with Crippen molar-refractivity contribution in [3.05, 3.63) is 29.8 Å². The lowest BCUT2D eigenvalue weighted by atomic mass is 9.76. The van der Waals surface area contributed by atoms with E-state index in [1.807, 2.05) is 31.2 Å². The predicted octanol–water partition coefficient (Wildman–Crippen LogP) is 2.07. The molecule has 0 aromatic heterocycles. The van der Waals surface area contributed by atoms with E-state index in [-0.39, 0.29) is 17.2 Å². The summed E-state index contributed by atoms with van der Waals surface area (Å²) in [7, 11) is 1.64. The highest BCUT2D eigenvalue weighted by Gasteiger charge is 2.35. The highest BCUT2D eigenvalue weighted by molar-refractivity contribution is 5.98. The Kier molecular flexibility index (Phi) is 3.88. The van der Waals surface area contributed by atoms with Gasteiger partial charge in [0.1, 0.15) is 5.75 Å². The standard InChI is InChI=1S/C15H19NO3/c1-15(9-13(17)16-14(18)10-15)8-7-11-3-5-12(19-2)6-4-11/h3-6H,7-10H2,1-2H3,(H,16,17,18). The molecule has 0 radical (unpaired) electrons. The number of hydrogen-bond acceptors (Lipinski definition) is 3. The van der Waals surface area contributed by atoms with Crippen LogP contribution in [0.25, 0.3) is 0 Å². The maximum Gasteiger partial charge on any atom is 0.227 e. The molecule has 1 saturated heterocycles. The Morgan fingerprint density at radius 1 is 1.16 bits per heavy atom. The lowest BCUT2D eigenvalue weighted by Crippen LogP contribution is -2.43. The lowest BCUT2D eigenvalue weighted by Gasteiger charge is -2.32. The summed E-state index contributed by atoms with van der Waals surface area (Å²) in [4.78, 5) is 22.9. The Balaban J connectivity index is 1.96. The molecule has 1 N–H and O–H groups in total. The molecule has 1 aliphatic rings. The summed E-state index contributed by atoms with van der Waals surface area (Å²) >= 11 is 0. The highest BCUT2D eigenvalue weighted by atomic mass is 16.5. The van der Waals surface area contributed by atoms with Crippen LogP contribution < -0.4 is 10.1 Å². The summed E-state index contributed by atoms with van der Waals surface area (Å²) < 4.78 is 5.11. The van der Waals surface area contributed by atoms with E-state index >= 15 is 0 Å². The predicted molar refractivity (Wildman–Crippen MR) is 71.8 cm³/mol. The quantitative estimate of drug-likeness (QED) is 0.844. The molecule has 1 fully saturated rings. The summed E-state index contributed by atoms with van der Waals surface area (Å²) in [5.74, 6) is 0.518. The number of carbonyl (C=O) groups excluding carboxylic acids is 2. The zero-order chi connectivity index (χ0) is 13.9. The molecule has 4 nitrogen and oxygen atoms in total. The van der Waals surface area contributed by atoms with Gasteiger partial charge in [-0.05, 0) is 36.0 Å². The third-order valence-electron chi connectivity index (χ3n) is 3.63. The molecule has 19 heavy (non-hydrogen) atoms. The van der Waals surface area contributed by atoms with Crippen LogP contribution in [0, 0.1) is 5.41 Å². The zero-order valence-electron chi connectivity index (χ0n) is 11.4. The molecular weight excluding hydrogens is 242 g/mol. The van der Waals surface area contributed by atoms with Crippen LogP contribution in [-0.4, -0.2) is 18.9 Å². The van der Waals surface area contributed by atoms with Crippen LogP contribution in [-0.2, 0) is 16.0 Å². The SMILES string of the molecule is COc1ccc(CCC2(C)CC(=O)NC(=O)C2)cc1. The van der Waals surface area contributed by atoms with Crippen molar-refractivity contribution >= 4 is 11.8 Å². The summed E-state index contributed by atoms with van der Waals surface area (Å²) in [6.07, 6.45) is 2.54. The van der Waals surface area contributed by atoms with Gasteiger partial charge < -0.3 is 4.74 Å². The van der Waals surface area contributed by atoms with E-state index in [9.17, 15) is 9.59 Å². The fraction of sp³-hybridized carbons (Fsp3) is 0.467. The van der Waals surface area contributed by atoms with Gasteiger partial charge in [0.25, 0.3) is 0 Å². The van der Waals surface area contributed by atoms with Gasteiger partial charge in [0, 0.05) is 12.8 Å². The molecule has 4 heteroatoms.